The van der Waals surface area contributed by atoms with E-state index >= 15 is 0 Å². The third-order valence-electron chi connectivity index (χ3n) is 6.14. The summed E-state index contributed by atoms with van der Waals surface area (Å²) in [7, 11) is 7.88. The molecule has 0 amide bonds. The van der Waals surface area contributed by atoms with E-state index in [0.29, 0.717) is 0 Å². The SMILES string of the molecule is CN(C)c1ccc(C=CC(=O)O[C@H]2CO[C@H]3[C@@H]2OC[C@H]3OC(=O)/C=C/c2ccc(N(C)C)cc2)cc1. The molecule has 0 saturated carbocycles. The molecule has 0 unspecified atom stereocenters. The van der Waals surface area contributed by atoms with Gasteiger partial charge in [0, 0.05) is 51.7 Å². The van der Waals surface area contributed by atoms with E-state index in [4.69, 9.17) is 18.9 Å². The number of esters is 2. The monoisotopic (exact) mass is 492 g/mol. The van der Waals surface area contributed by atoms with E-state index in [1.165, 1.54) is 12.2 Å². The maximum absolute atomic E-state index is 12.3. The number of fused-ring (bicyclic) bond motifs is 1. The van der Waals surface area contributed by atoms with E-state index in [1.807, 2.05) is 86.5 Å². The lowest BCUT2D eigenvalue weighted by atomic mass is 10.1. The van der Waals surface area contributed by atoms with Crippen LogP contribution in [0.2, 0.25) is 0 Å². The highest BCUT2D eigenvalue weighted by atomic mass is 16.7. The minimum Gasteiger partial charge on any atom is -0.454 e. The number of carbonyl (C=O) groups excluding carboxylic acids is 2. The maximum Gasteiger partial charge on any atom is 0.331 e. The van der Waals surface area contributed by atoms with Crippen LogP contribution in [-0.4, -0.2) is 77.8 Å². The quantitative estimate of drug-likeness (QED) is 0.411. The first-order valence-corrected chi connectivity index (χ1v) is 11.9. The molecule has 0 aliphatic carbocycles. The fourth-order valence-electron chi connectivity index (χ4n) is 4.10. The lowest BCUT2D eigenvalue weighted by Gasteiger charge is -2.16. The molecule has 8 nitrogen and oxygen atoms in total. The summed E-state index contributed by atoms with van der Waals surface area (Å²) in [5.41, 5.74) is 3.94. The van der Waals surface area contributed by atoms with Gasteiger partial charge in [-0.3, -0.25) is 0 Å². The number of hydrogen-bond acceptors (Lipinski definition) is 8. The van der Waals surface area contributed by atoms with Gasteiger partial charge >= 0.3 is 11.9 Å². The molecular weight excluding hydrogens is 460 g/mol. The Balaban J connectivity index is 1.25. The number of benzene rings is 2. The Bertz CT molecular complexity index is 1020. The van der Waals surface area contributed by atoms with Crippen molar-refractivity contribution in [3.63, 3.8) is 0 Å². The highest BCUT2D eigenvalue weighted by Crippen LogP contribution is 2.31. The summed E-state index contributed by atoms with van der Waals surface area (Å²) < 4.78 is 22.6. The Labute approximate surface area is 211 Å². The molecule has 4 rings (SSSR count). The van der Waals surface area contributed by atoms with Crippen LogP contribution in [0.25, 0.3) is 12.2 Å². The number of carbonyl (C=O) groups is 2. The van der Waals surface area contributed by atoms with Crippen molar-refractivity contribution in [1.82, 2.24) is 0 Å². The van der Waals surface area contributed by atoms with Crippen molar-refractivity contribution in [3.05, 3.63) is 71.8 Å². The van der Waals surface area contributed by atoms with Gasteiger partial charge in [-0.15, -0.1) is 0 Å². The van der Waals surface area contributed by atoms with Gasteiger partial charge in [-0.05, 0) is 47.5 Å². The summed E-state index contributed by atoms with van der Waals surface area (Å²) in [6.07, 6.45) is 4.13. The Hall–Kier alpha value is -3.62. The summed E-state index contributed by atoms with van der Waals surface area (Å²) in [6.45, 7) is 0.378. The van der Waals surface area contributed by atoms with Crippen LogP contribution >= 0.6 is 0 Å². The van der Waals surface area contributed by atoms with Crippen molar-refractivity contribution >= 4 is 35.5 Å². The van der Waals surface area contributed by atoms with Crippen molar-refractivity contribution in [1.29, 1.82) is 0 Å². The van der Waals surface area contributed by atoms with E-state index in [1.54, 1.807) is 12.2 Å². The van der Waals surface area contributed by atoms with E-state index in [-0.39, 0.29) is 13.2 Å². The molecule has 2 fully saturated rings. The average Bonchev–Trinajstić information content (AvgIpc) is 3.45. The van der Waals surface area contributed by atoms with Crippen LogP contribution < -0.4 is 9.80 Å². The first-order chi connectivity index (χ1) is 17.3. The van der Waals surface area contributed by atoms with E-state index < -0.39 is 36.4 Å². The zero-order valence-corrected chi connectivity index (χ0v) is 21.0. The van der Waals surface area contributed by atoms with E-state index in [0.717, 1.165) is 22.5 Å². The van der Waals surface area contributed by atoms with Crippen LogP contribution in [-0.2, 0) is 28.5 Å². The second kappa shape index (κ2) is 11.4. The summed E-state index contributed by atoms with van der Waals surface area (Å²) >= 11 is 0. The smallest absolute Gasteiger partial charge is 0.331 e. The molecule has 8 heteroatoms. The minimum atomic E-state index is -0.558. The number of nitrogens with zero attached hydrogens (tertiary/aromatic N) is 2. The zero-order valence-electron chi connectivity index (χ0n) is 21.0. The second-order valence-electron chi connectivity index (χ2n) is 9.19. The lowest BCUT2D eigenvalue weighted by Crippen LogP contribution is -2.35. The molecule has 2 aliphatic heterocycles. The molecule has 2 saturated heterocycles. The lowest BCUT2D eigenvalue weighted by molar-refractivity contribution is -0.149. The molecular formula is C28H32N2O6. The van der Waals surface area contributed by atoms with Crippen molar-refractivity contribution in [2.24, 2.45) is 0 Å². The summed E-state index contributed by atoms with van der Waals surface area (Å²) in [6, 6.07) is 15.6. The van der Waals surface area contributed by atoms with Gasteiger partial charge < -0.3 is 28.7 Å². The Morgan fingerprint density at radius 1 is 0.694 bits per heavy atom. The van der Waals surface area contributed by atoms with Crippen LogP contribution in [0.4, 0.5) is 11.4 Å². The molecule has 4 atom stereocenters. The molecule has 0 aromatic heterocycles. The Morgan fingerprint density at radius 2 is 1.06 bits per heavy atom. The number of anilines is 2. The van der Waals surface area contributed by atoms with Crippen LogP contribution in [0.3, 0.4) is 0 Å². The fraction of sp³-hybridized carbons (Fsp3) is 0.357. The van der Waals surface area contributed by atoms with Gasteiger partial charge in [0.2, 0.25) is 0 Å². The van der Waals surface area contributed by atoms with Gasteiger partial charge in [-0.1, -0.05) is 24.3 Å². The molecule has 36 heavy (non-hydrogen) atoms. The predicted octanol–water partition coefficient (Wildman–Crippen LogP) is 3.17. The van der Waals surface area contributed by atoms with Gasteiger partial charge in [0.25, 0.3) is 0 Å². The molecule has 0 spiro atoms. The maximum atomic E-state index is 12.3. The molecule has 2 aromatic rings. The summed E-state index contributed by atoms with van der Waals surface area (Å²) in [4.78, 5) is 28.7. The Morgan fingerprint density at radius 3 is 1.39 bits per heavy atom. The molecule has 0 radical (unpaired) electrons. The largest absolute Gasteiger partial charge is 0.454 e. The van der Waals surface area contributed by atoms with Gasteiger partial charge in [0.05, 0.1) is 13.2 Å². The van der Waals surface area contributed by atoms with Crippen LogP contribution in [0.5, 0.6) is 0 Å². The number of hydrogen-bond donors (Lipinski definition) is 0. The summed E-state index contributed by atoms with van der Waals surface area (Å²) in [5.74, 6) is -0.957. The van der Waals surface area contributed by atoms with Gasteiger partial charge in [0.15, 0.2) is 12.2 Å². The van der Waals surface area contributed by atoms with Crippen molar-refractivity contribution in [2.75, 3.05) is 51.2 Å². The number of ether oxygens (including phenoxy) is 4. The highest BCUT2D eigenvalue weighted by molar-refractivity contribution is 5.88. The first kappa shape index (κ1) is 25.5. The predicted molar refractivity (Wildman–Crippen MR) is 139 cm³/mol. The third kappa shape index (κ3) is 6.33. The molecule has 190 valence electrons. The number of rotatable bonds is 8. The second-order valence-corrected chi connectivity index (χ2v) is 9.19. The van der Waals surface area contributed by atoms with E-state index in [2.05, 4.69) is 0 Å². The van der Waals surface area contributed by atoms with Gasteiger partial charge in [0.1, 0.15) is 12.2 Å². The topological polar surface area (TPSA) is 77.5 Å². The van der Waals surface area contributed by atoms with Crippen molar-refractivity contribution < 1.29 is 28.5 Å². The molecule has 0 bridgehead atoms. The van der Waals surface area contributed by atoms with Crippen molar-refractivity contribution in [2.45, 2.75) is 24.4 Å². The fourth-order valence-corrected chi connectivity index (χ4v) is 4.10. The molecule has 0 N–H and O–H groups in total. The normalized spacial score (nSPS) is 23.1. The van der Waals surface area contributed by atoms with E-state index in [9.17, 15) is 9.59 Å². The molecule has 2 aliphatic rings. The van der Waals surface area contributed by atoms with Crippen molar-refractivity contribution in [3.8, 4) is 0 Å². The minimum absolute atomic E-state index is 0.189. The standard InChI is InChI=1S/C28H32N2O6/c1-29(2)21-11-5-19(6-12-21)9-15-25(31)35-23-17-33-28-24(18-34-27(23)28)36-26(32)16-10-20-7-13-22(14-8-20)30(3)4/h5-16,23-24,27-28H,17-18H2,1-4H3/b15-9+,16-10?/t23-,24+,27-,28-/m1/s1. The molecule has 2 heterocycles. The van der Waals surface area contributed by atoms with Crippen LogP contribution in [0.15, 0.2) is 60.7 Å². The average molecular weight is 493 g/mol. The molecule has 2 aromatic carbocycles. The van der Waals surface area contributed by atoms with Crippen LogP contribution in [0, 0.1) is 0 Å². The summed E-state index contributed by atoms with van der Waals surface area (Å²) in [5, 5.41) is 0. The third-order valence-corrected chi connectivity index (χ3v) is 6.14. The van der Waals surface area contributed by atoms with Gasteiger partial charge in [-0.2, -0.15) is 0 Å². The van der Waals surface area contributed by atoms with Gasteiger partial charge in [-0.25, -0.2) is 9.59 Å². The Kier molecular flexibility index (Phi) is 8.07. The van der Waals surface area contributed by atoms with Crippen LogP contribution in [0.1, 0.15) is 11.1 Å². The first-order valence-electron chi connectivity index (χ1n) is 11.9. The zero-order chi connectivity index (χ0) is 25.7. The highest BCUT2D eigenvalue weighted by Gasteiger charge is 2.51.